The van der Waals surface area contributed by atoms with E-state index >= 15 is 0 Å². The van der Waals surface area contributed by atoms with E-state index in [1.807, 2.05) is 24.3 Å². The normalized spacial score (nSPS) is 12.1. The fourth-order valence-corrected chi connectivity index (χ4v) is 2.76. The maximum Gasteiger partial charge on any atom is 0.140 e. The molecule has 0 aliphatic rings. The molecule has 1 unspecified atom stereocenters. The molecule has 0 spiro atoms. The summed E-state index contributed by atoms with van der Waals surface area (Å²) in [4.78, 5) is 0. The van der Waals surface area contributed by atoms with Crippen molar-refractivity contribution in [3.63, 3.8) is 0 Å². The second kappa shape index (κ2) is 8.39. The largest absolute Gasteiger partial charge is 0.456 e. The molecule has 0 aliphatic heterocycles. The third-order valence-corrected chi connectivity index (χ3v) is 4.27. The van der Waals surface area contributed by atoms with E-state index in [2.05, 4.69) is 66.0 Å². The van der Waals surface area contributed by atoms with E-state index in [9.17, 15) is 0 Å². The van der Waals surface area contributed by atoms with Gasteiger partial charge in [-0.1, -0.05) is 38.1 Å². The van der Waals surface area contributed by atoms with Crippen LogP contribution in [-0.4, -0.2) is 6.54 Å². The minimum atomic E-state index is 0.392. The van der Waals surface area contributed by atoms with Crippen LogP contribution in [0.5, 0.6) is 11.5 Å². The predicted molar refractivity (Wildman–Crippen MR) is 97.0 cm³/mol. The molecule has 0 amide bonds. The molecule has 2 aromatic rings. The first-order chi connectivity index (χ1) is 10.2. The van der Waals surface area contributed by atoms with Gasteiger partial charge in [0.15, 0.2) is 0 Å². The first-order valence-corrected chi connectivity index (χ1v) is 8.58. The first-order valence-electron chi connectivity index (χ1n) is 7.50. The molecule has 0 heterocycles. The van der Waals surface area contributed by atoms with Gasteiger partial charge in [0.05, 0.1) is 3.57 Å². The van der Waals surface area contributed by atoms with Crippen LogP contribution in [0.3, 0.4) is 0 Å². The number of hydrogen-bond acceptors (Lipinski definition) is 2. The molecule has 0 radical (unpaired) electrons. The average Bonchev–Trinajstić information content (AvgIpc) is 2.51. The van der Waals surface area contributed by atoms with Crippen molar-refractivity contribution in [2.75, 3.05) is 6.54 Å². The quantitative estimate of drug-likeness (QED) is 0.622. The molecule has 1 N–H and O–H groups in total. The summed E-state index contributed by atoms with van der Waals surface area (Å²) in [6, 6.07) is 16.9. The van der Waals surface area contributed by atoms with Gasteiger partial charge in [0.1, 0.15) is 11.5 Å². The molecular formula is C18H22INO. The van der Waals surface area contributed by atoms with Crippen LogP contribution >= 0.6 is 22.6 Å². The van der Waals surface area contributed by atoms with Crippen LogP contribution in [0.4, 0.5) is 0 Å². The van der Waals surface area contributed by atoms with Crippen molar-refractivity contribution in [1.82, 2.24) is 5.32 Å². The highest BCUT2D eigenvalue weighted by Gasteiger charge is 2.09. The zero-order chi connectivity index (χ0) is 15.1. The standard InChI is InChI=1S/C18H22INO/c1-3-12-20-17(4-2)14-8-7-9-15(13-14)21-18-11-6-5-10-16(18)19/h5-11,13,17,20H,3-4,12H2,1-2H3. The Morgan fingerprint density at radius 2 is 1.90 bits per heavy atom. The van der Waals surface area contributed by atoms with E-state index in [-0.39, 0.29) is 0 Å². The fraction of sp³-hybridized carbons (Fsp3) is 0.333. The molecular weight excluding hydrogens is 373 g/mol. The molecule has 0 saturated heterocycles. The molecule has 0 saturated carbocycles. The van der Waals surface area contributed by atoms with E-state index in [4.69, 9.17) is 4.74 Å². The highest BCUT2D eigenvalue weighted by Crippen LogP contribution is 2.28. The van der Waals surface area contributed by atoms with Crippen molar-refractivity contribution in [1.29, 1.82) is 0 Å². The highest BCUT2D eigenvalue weighted by molar-refractivity contribution is 14.1. The smallest absolute Gasteiger partial charge is 0.140 e. The summed E-state index contributed by atoms with van der Waals surface area (Å²) >= 11 is 2.30. The Bertz CT molecular complexity index is 571. The number of nitrogens with one attached hydrogen (secondary N) is 1. The molecule has 3 heteroatoms. The first kappa shape index (κ1) is 16.3. The SMILES string of the molecule is CCCNC(CC)c1cccc(Oc2ccccc2I)c1. The number of hydrogen-bond donors (Lipinski definition) is 1. The molecule has 1 atom stereocenters. The Kier molecular flexibility index (Phi) is 6.51. The van der Waals surface area contributed by atoms with E-state index in [1.165, 1.54) is 5.56 Å². The van der Waals surface area contributed by atoms with Crippen molar-refractivity contribution < 1.29 is 4.74 Å². The van der Waals surface area contributed by atoms with Crippen molar-refractivity contribution in [3.8, 4) is 11.5 Å². The molecule has 21 heavy (non-hydrogen) atoms. The average molecular weight is 395 g/mol. The van der Waals surface area contributed by atoms with Gasteiger partial charge in [0.2, 0.25) is 0 Å². The van der Waals surface area contributed by atoms with Gasteiger partial charge in [-0.05, 0) is 71.8 Å². The summed E-state index contributed by atoms with van der Waals surface area (Å²) in [6.45, 7) is 5.44. The Hall–Kier alpha value is -1.07. The highest BCUT2D eigenvalue weighted by atomic mass is 127. The van der Waals surface area contributed by atoms with Crippen molar-refractivity contribution in [2.45, 2.75) is 32.7 Å². The summed E-state index contributed by atoms with van der Waals surface area (Å²) in [5.41, 5.74) is 1.29. The number of ether oxygens (including phenoxy) is 1. The second-order valence-electron chi connectivity index (χ2n) is 5.02. The summed E-state index contributed by atoms with van der Waals surface area (Å²) in [5.74, 6) is 1.80. The molecule has 112 valence electrons. The Morgan fingerprint density at radius 1 is 1.10 bits per heavy atom. The zero-order valence-corrected chi connectivity index (χ0v) is 14.8. The van der Waals surface area contributed by atoms with Gasteiger partial charge >= 0.3 is 0 Å². The minimum absolute atomic E-state index is 0.392. The molecule has 0 bridgehead atoms. The topological polar surface area (TPSA) is 21.3 Å². The van der Waals surface area contributed by atoms with Crippen molar-refractivity contribution in [2.24, 2.45) is 0 Å². The van der Waals surface area contributed by atoms with Crippen LogP contribution in [0.15, 0.2) is 48.5 Å². The van der Waals surface area contributed by atoms with E-state index in [0.29, 0.717) is 6.04 Å². The minimum Gasteiger partial charge on any atom is -0.456 e. The van der Waals surface area contributed by atoms with Gasteiger partial charge in [-0.15, -0.1) is 0 Å². The Labute approximate surface area is 141 Å². The van der Waals surface area contributed by atoms with Gasteiger partial charge < -0.3 is 10.1 Å². The van der Waals surface area contributed by atoms with Crippen LogP contribution in [-0.2, 0) is 0 Å². The fourth-order valence-electron chi connectivity index (χ4n) is 2.27. The number of rotatable bonds is 7. The zero-order valence-electron chi connectivity index (χ0n) is 12.6. The van der Waals surface area contributed by atoms with Crippen LogP contribution in [0, 0.1) is 3.57 Å². The molecule has 2 rings (SSSR count). The third-order valence-electron chi connectivity index (χ3n) is 3.37. The monoisotopic (exact) mass is 395 g/mol. The Morgan fingerprint density at radius 3 is 2.62 bits per heavy atom. The van der Waals surface area contributed by atoms with Crippen molar-refractivity contribution >= 4 is 22.6 Å². The van der Waals surface area contributed by atoms with E-state index in [0.717, 1.165) is 34.5 Å². The second-order valence-corrected chi connectivity index (χ2v) is 6.18. The van der Waals surface area contributed by atoms with Gasteiger partial charge in [-0.3, -0.25) is 0 Å². The molecule has 0 fully saturated rings. The predicted octanol–water partition coefficient (Wildman–Crippen LogP) is 5.53. The molecule has 2 aromatic carbocycles. The lowest BCUT2D eigenvalue weighted by Crippen LogP contribution is -2.21. The van der Waals surface area contributed by atoms with E-state index in [1.54, 1.807) is 0 Å². The number of halogens is 1. The van der Waals surface area contributed by atoms with Gasteiger partial charge in [0, 0.05) is 6.04 Å². The Balaban J connectivity index is 2.15. The molecule has 2 nitrogen and oxygen atoms in total. The van der Waals surface area contributed by atoms with Crippen LogP contribution in [0.25, 0.3) is 0 Å². The maximum atomic E-state index is 6.01. The molecule has 0 aliphatic carbocycles. The maximum absolute atomic E-state index is 6.01. The lowest BCUT2D eigenvalue weighted by molar-refractivity contribution is 0.473. The van der Waals surface area contributed by atoms with Gasteiger partial charge in [-0.2, -0.15) is 0 Å². The van der Waals surface area contributed by atoms with Gasteiger partial charge in [0.25, 0.3) is 0 Å². The van der Waals surface area contributed by atoms with E-state index < -0.39 is 0 Å². The summed E-state index contributed by atoms with van der Waals surface area (Å²) in [5, 5.41) is 3.58. The lowest BCUT2D eigenvalue weighted by atomic mass is 10.0. The number of benzene rings is 2. The van der Waals surface area contributed by atoms with Crippen LogP contribution in [0.1, 0.15) is 38.3 Å². The van der Waals surface area contributed by atoms with Crippen LogP contribution < -0.4 is 10.1 Å². The summed E-state index contributed by atoms with van der Waals surface area (Å²) in [7, 11) is 0. The van der Waals surface area contributed by atoms with Gasteiger partial charge in [-0.25, -0.2) is 0 Å². The van der Waals surface area contributed by atoms with Crippen molar-refractivity contribution in [3.05, 3.63) is 57.7 Å². The lowest BCUT2D eigenvalue weighted by Gasteiger charge is -2.18. The summed E-state index contributed by atoms with van der Waals surface area (Å²) < 4.78 is 7.14. The third kappa shape index (κ3) is 4.71. The molecule has 0 aromatic heterocycles. The summed E-state index contributed by atoms with van der Waals surface area (Å²) in [6.07, 6.45) is 2.22. The van der Waals surface area contributed by atoms with Crippen LogP contribution in [0.2, 0.25) is 0 Å². The number of para-hydroxylation sites is 1.